The first-order valence-corrected chi connectivity index (χ1v) is 13.2. The van der Waals surface area contributed by atoms with Crippen molar-refractivity contribution in [3.05, 3.63) is 94.2 Å². The molecule has 10 heteroatoms. The lowest BCUT2D eigenvalue weighted by molar-refractivity contribution is -0.885. The average molecular weight is 576 g/mol. The Hall–Kier alpha value is -3.17. The van der Waals surface area contributed by atoms with Crippen LogP contribution in [0.5, 0.6) is 11.5 Å². The molecule has 1 aliphatic rings. The maximum atomic E-state index is 13.8. The predicted molar refractivity (Wildman–Crippen MR) is 146 cm³/mol. The van der Waals surface area contributed by atoms with Crippen molar-refractivity contribution in [3.63, 3.8) is 0 Å². The fraction of sp³-hybridized carbons (Fsp3) is 0.310. The zero-order valence-corrected chi connectivity index (χ0v) is 23.2. The van der Waals surface area contributed by atoms with Crippen LogP contribution in [-0.2, 0) is 20.9 Å². The number of amides is 1. The molecule has 0 radical (unpaired) electrons. The maximum absolute atomic E-state index is 13.8. The van der Waals surface area contributed by atoms with Crippen LogP contribution in [0.15, 0.2) is 72.8 Å². The molecule has 0 bridgehead atoms. The van der Waals surface area contributed by atoms with Gasteiger partial charge >= 0.3 is 11.9 Å². The minimum absolute atomic E-state index is 0.159. The largest absolute Gasteiger partial charge is 0.479 e. The SMILES string of the molecule is CC(=O)OC[N+]1(C(=O)COc2ccc(Cl)cc2)CC(C)N(Cc2ccc(F)cc2)C(Oc2ccc(Cl)cc2)C1. The molecule has 1 amide bonds. The van der Waals surface area contributed by atoms with Crippen LogP contribution >= 0.6 is 23.2 Å². The number of esters is 1. The molecule has 39 heavy (non-hydrogen) atoms. The van der Waals surface area contributed by atoms with E-state index in [1.165, 1.54) is 19.1 Å². The normalized spacial score (nSPS) is 21.3. The van der Waals surface area contributed by atoms with Crippen molar-refractivity contribution < 1.29 is 32.7 Å². The summed E-state index contributed by atoms with van der Waals surface area (Å²) in [5, 5.41) is 1.12. The lowest BCUT2D eigenvalue weighted by Gasteiger charge is -2.48. The second-order valence-electron chi connectivity index (χ2n) is 9.59. The topological polar surface area (TPSA) is 65.1 Å². The van der Waals surface area contributed by atoms with Crippen LogP contribution in [0, 0.1) is 5.82 Å². The van der Waals surface area contributed by atoms with Gasteiger partial charge in [0.25, 0.3) is 0 Å². The Morgan fingerprint density at radius 1 is 0.923 bits per heavy atom. The summed E-state index contributed by atoms with van der Waals surface area (Å²) in [6.45, 7) is 3.88. The number of halogens is 3. The number of ether oxygens (including phenoxy) is 3. The van der Waals surface area contributed by atoms with E-state index in [1.54, 1.807) is 60.7 Å². The van der Waals surface area contributed by atoms with Gasteiger partial charge in [-0.25, -0.2) is 13.7 Å². The van der Waals surface area contributed by atoms with Crippen LogP contribution in [0.2, 0.25) is 10.0 Å². The van der Waals surface area contributed by atoms with Crippen molar-refractivity contribution in [1.82, 2.24) is 4.90 Å². The van der Waals surface area contributed by atoms with Crippen molar-refractivity contribution in [2.24, 2.45) is 0 Å². The summed E-state index contributed by atoms with van der Waals surface area (Å²) in [4.78, 5) is 27.7. The molecule has 0 spiro atoms. The molecule has 3 atom stereocenters. The van der Waals surface area contributed by atoms with E-state index in [0.29, 0.717) is 34.6 Å². The van der Waals surface area contributed by atoms with Gasteiger partial charge in [-0.2, -0.15) is 0 Å². The molecular formula is C29H30Cl2FN2O5+. The molecule has 7 nitrogen and oxygen atoms in total. The summed E-state index contributed by atoms with van der Waals surface area (Å²) >= 11 is 12.0. The number of carbonyl (C=O) groups is 2. The minimum atomic E-state index is -0.588. The third kappa shape index (κ3) is 7.70. The van der Waals surface area contributed by atoms with Crippen LogP contribution < -0.4 is 9.47 Å². The summed E-state index contributed by atoms with van der Waals surface area (Å²) in [6.07, 6.45) is -0.588. The van der Waals surface area contributed by atoms with E-state index in [2.05, 4.69) is 4.90 Å². The van der Waals surface area contributed by atoms with Gasteiger partial charge in [0.2, 0.25) is 19.6 Å². The summed E-state index contributed by atoms with van der Waals surface area (Å²) < 4.78 is 30.9. The molecule has 4 rings (SSSR count). The molecule has 0 N–H and O–H groups in total. The van der Waals surface area contributed by atoms with E-state index in [4.69, 9.17) is 37.4 Å². The molecule has 1 fully saturated rings. The Bertz CT molecular complexity index is 1270. The molecule has 0 saturated carbocycles. The lowest BCUT2D eigenvalue weighted by atomic mass is 10.1. The Morgan fingerprint density at radius 3 is 2.10 bits per heavy atom. The van der Waals surface area contributed by atoms with Gasteiger partial charge in [0, 0.05) is 23.5 Å². The number of piperazine rings is 1. The predicted octanol–water partition coefficient (Wildman–Crippen LogP) is 5.68. The minimum Gasteiger partial charge on any atom is -0.479 e. The summed E-state index contributed by atoms with van der Waals surface area (Å²) in [7, 11) is 0. The van der Waals surface area contributed by atoms with E-state index in [9.17, 15) is 14.0 Å². The summed E-state index contributed by atoms with van der Waals surface area (Å²) in [5.74, 6) is -0.00386. The third-order valence-electron chi connectivity index (χ3n) is 6.64. The van der Waals surface area contributed by atoms with Gasteiger partial charge in [-0.3, -0.25) is 9.69 Å². The highest BCUT2D eigenvalue weighted by Crippen LogP contribution is 2.29. The zero-order valence-electron chi connectivity index (χ0n) is 21.7. The highest BCUT2D eigenvalue weighted by molar-refractivity contribution is 6.30. The van der Waals surface area contributed by atoms with Gasteiger partial charge in [-0.15, -0.1) is 0 Å². The fourth-order valence-corrected chi connectivity index (χ4v) is 4.87. The number of benzene rings is 3. The van der Waals surface area contributed by atoms with Gasteiger partial charge in [0.1, 0.15) is 30.4 Å². The molecule has 0 aromatic heterocycles. The Kier molecular flexibility index (Phi) is 9.45. The monoisotopic (exact) mass is 575 g/mol. The van der Waals surface area contributed by atoms with Gasteiger partial charge < -0.3 is 14.2 Å². The number of carbonyl (C=O) groups excluding carboxylic acids is 2. The van der Waals surface area contributed by atoms with Crippen molar-refractivity contribution in [2.45, 2.75) is 32.7 Å². The van der Waals surface area contributed by atoms with Crippen molar-refractivity contribution >= 4 is 35.1 Å². The van der Waals surface area contributed by atoms with Gasteiger partial charge in [-0.05, 0) is 73.2 Å². The first kappa shape index (κ1) is 28.8. The van der Waals surface area contributed by atoms with E-state index < -0.39 is 12.2 Å². The van der Waals surface area contributed by atoms with Crippen LogP contribution in [0.1, 0.15) is 19.4 Å². The molecule has 0 aliphatic carbocycles. The summed E-state index contributed by atoms with van der Waals surface area (Å²) in [6, 6.07) is 19.8. The third-order valence-corrected chi connectivity index (χ3v) is 7.14. The lowest BCUT2D eigenvalue weighted by Crippen LogP contribution is -2.71. The quantitative estimate of drug-likeness (QED) is 0.241. The Labute approximate surface area is 237 Å². The molecule has 3 aromatic carbocycles. The number of rotatable bonds is 9. The standard InChI is InChI=1S/C29H30Cl2FN2O5/c1-20-16-34(19-38-21(2)35,29(36)18-37-26-11-5-23(30)6-12-26)17-28(39-27-13-7-24(31)8-14-27)33(20)15-22-3-9-25(32)10-4-22/h3-14,20,28H,15-19H2,1-2H3/q+1. The van der Waals surface area contributed by atoms with Crippen molar-refractivity contribution in [2.75, 3.05) is 26.4 Å². The molecule has 1 aliphatic heterocycles. The van der Waals surface area contributed by atoms with Gasteiger partial charge in [0.05, 0.1) is 6.04 Å². The van der Waals surface area contributed by atoms with Crippen LogP contribution in [0.3, 0.4) is 0 Å². The number of quaternary nitrogens is 1. The second kappa shape index (κ2) is 12.8. The second-order valence-corrected chi connectivity index (χ2v) is 10.5. The van der Waals surface area contributed by atoms with E-state index in [-0.39, 0.29) is 42.1 Å². The highest BCUT2D eigenvalue weighted by Gasteiger charge is 2.50. The fourth-order valence-electron chi connectivity index (χ4n) is 4.61. The maximum Gasteiger partial charge on any atom is 0.354 e. The van der Waals surface area contributed by atoms with Crippen molar-refractivity contribution in [3.8, 4) is 11.5 Å². The van der Waals surface area contributed by atoms with Gasteiger partial charge in [-0.1, -0.05) is 35.3 Å². The molecule has 3 aromatic rings. The molecule has 1 saturated heterocycles. The molecule has 1 heterocycles. The summed E-state index contributed by atoms with van der Waals surface area (Å²) in [5.41, 5.74) is 0.894. The Balaban J connectivity index is 1.62. The first-order chi connectivity index (χ1) is 18.6. The van der Waals surface area contributed by atoms with E-state index >= 15 is 0 Å². The average Bonchev–Trinajstić information content (AvgIpc) is 2.91. The first-order valence-electron chi connectivity index (χ1n) is 12.5. The molecular weight excluding hydrogens is 546 g/mol. The van der Waals surface area contributed by atoms with Gasteiger partial charge in [0.15, 0.2) is 0 Å². The zero-order chi connectivity index (χ0) is 28.0. The van der Waals surface area contributed by atoms with Crippen LogP contribution in [0.25, 0.3) is 0 Å². The Morgan fingerprint density at radius 2 is 1.51 bits per heavy atom. The smallest absolute Gasteiger partial charge is 0.354 e. The number of hydrogen-bond acceptors (Lipinski definition) is 6. The van der Waals surface area contributed by atoms with Crippen LogP contribution in [-0.4, -0.2) is 60.0 Å². The highest BCUT2D eigenvalue weighted by atomic mass is 35.5. The van der Waals surface area contributed by atoms with E-state index in [0.717, 1.165) is 5.56 Å². The van der Waals surface area contributed by atoms with E-state index in [1.807, 2.05) is 6.92 Å². The molecule has 3 unspecified atom stereocenters. The number of nitrogens with zero attached hydrogens (tertiary/aromatic N) is 2. The van der Waals surface area contributed by atoms with Crippen molar-refractivity contribution in [1.29, 1.82) is 0 Å². The van der Waals surface area contributed by atoms with Crippen LogP contribution in [0.4, 0.5) is 4.39 Å². The number of hydrogen-bond donors (Lipinski definition) is 0. The molecule has 206 valence electrons.